The van der Waals surface area contributed by atoms with Crippen molar-refractivity contribution in [1.29, 1.82) is 0 Å². The van der Waals surface area contributed by atoms with Gasteiger partial charge in [-0.15, -0.1) is 0 Å². The number of alkyl carbamates (subject to hydrolysis) is 1. The van der Waals surface area contributed by atoms with Crippen LogP contribution in [0.25, 0.3) is 0 Å². The molecule has 16 heavy (non-hydrogen) atoms. The number of hydrogen-bond donors (Lipinski definition) is 1. The molecule has 0 rings (SSSR count). The highest BCUT2D eigenvalue weighted by Crippen LogP contribution is 2.10. The lowest BCUT2D eigenvalue weighted by atomic mass is 10.2. The van der Waals surface area contributed by atoms with Crippen LogP contribution in [0.3, 0.4) is 0 Å². The zero-order valence-corrected chi connectivity index (χ0v) is 11.4. The fraction of sp³-hybridized carbons (Fsp3) is 0.818. The van der Waals surface area contributed by atoms with E-state index in [9.17, 15) is 9.59 Å². The van der Waals surface area contributed by atoms with Crippen molar-refractivity contribution in [2.75, 3.05) is 5.75 Å². The van der Waals surface area contributed by atoms with Crippen LogP contribution in [0.15, 0.2) is 0 Å². The maximum Gasteiger partial charge on any atom is 0.408 e. The SMILES string of the molecule is CCSC(=O)C(CC)NC(=O)OC(C)(C)C. The Balaban J connectivity index is 4.22. The van der Waals surface area contributed by atoms with E-state index in [0.717, 1.165) is 0 Å². The van der Waals surface area contributed by atoms with Crippen LogP contribution in [0, 0.1) is 0 Å². The molecule has 0 radical (unpaired) electrons. The van der Waals surface area contributed by atoms with E-state index in [1.165, 1.54) is 11.8 Å². The molecule has 0 aromatic rings. The van der Waals surface area contributed by atoms with E-state index in [1.54, 1.807) is 20.8 Å². The number of amides is 1. The maximum atomic E-state index is 11.6. The van der Waals surface area contributed by atoms with Crippen molar-refractivity contribution in [2.24, 2.45) is 0 Å². The lowest BCUT2D eigenvalue weighted by Gasteiger charge is -2.22. The first-order valence-corrected chi connectivity index (χ1v) is 6.44. The molecule has 0 aliphatic carbocycles. The minimum Gasteiger partial charge on any atom is -0.444 e. The Morgan fingerprint density at radius 3 is 2.25 bits per heavy atom. The van der Waals surface area contributed by atoms with Crippen LogP contribution in [0.1, 0.15) is 41.0 Å². The lowest BCUT2D eigenvalue weighted by molar-refractivity contribution is -0.112. The number of rotatable bonds is 4. The van der Waals surface area contributed by atoms with Crippen molar-refractivity contribution in [3.63, 3.8) is 0 Å². The molecule has 0 aliphatic heterocycles. The van der Waals surface area contributed by atoms with E-state index >= 15 is 0 Å². The zero-order valence-electron chi connectivity index (χ0n) is 10.6. The van der Waals surface area contributed by atoms with Crippen molar-refractivity contribution in [2.45, 2.75) is 52.7 Å². The summed E-state index contributed by atoms with van der Waals surface area (Å²) >= 11 is 1.21. The Bertz CT molecular complexity index is 248. The third kappa shape index (κ3) is 6.71. The van der Waals surface area contributed by atoms with Gasteiger partial charge in [-0.05, 0) is 32.9 Å². The summed E-state index contributed by atoms with van der Waals surface area (Å²) in [6, 6.07) is -0.459. The molecule has 0 aromatic heterocycles. The van der Waals surface area contributed by atoms with E-state index in [1.807, 2.05) is 13.8 Å². The first-order valence-electron chi connectivity index (χ1n) is 5.46. The van der Waals surface area contributed by atoms with Gasteiger partial charge in [0, 0.05) is 0 Å². The second kappa shape index (κ2) is 6.78. The molecule has 1 unspecified atom stereocenters. The van der Waals surface area contributed by atoms with Crippen LogP contribution in [0.4, 0.5) is 4.79 Å². The van der Waals surface area contributed by atoms with E-state index in [4.69, 9.17) is 4.74 Å². The molecular weight excluding hydrogens is 226 g/mol. The van der Waals surface area contributed by atoms with E-state index in [0.29, 0.717) is 12.2 Å². The largest absolute Gasteiger partial charge is 0.444 e. The fourth-order valence-electron chi connectivity index (χ4n) is 1.02. The third-order valence-corrected chi connectivity index (χ3v) is 2.53. The molecule has 1 amide bonds. The van der Waals surface area contributed by atoms with Gasteiger partial charge in [0.05, 0.1) is 0 Å². The van der Waals surface area contributed by atoms with Gasteiger partial charge in [0.25, 0.3) is 0 Å². The number of carbonyl (C=O) groups is 2. The Hall–Kier alpha value is -0.710. The van der Waals surface area contributed by atoms with Crippen molar-refractivity contribution in [3.05, 3.63) is 0 Å². The van der Waals surface area contributed by atoms with Crippen LogP contribution >= 0.6 is 11.8 Å². The van der Waals surface area contributed by atoms with Gasteiger partial charge in [0.2, 0.25) is 5.12 Å². The molecule has 0 spiro atoms. The molecule has 1 N–H and O–H groups in total. The highest BCUT2D eigenvalue weighted by molar-refractivity contribution is 8.13. The van der Waals surface area contributed by atoms with Crippen molar-refractivity contribution < 1.29 is 14.3 Å². The van der Waals surface area contributed by atoms with E-state index in [-0.39, 0.29) is 5.12 Å². The van der Waals surface area contributed by atoms with Crippen molar-refractivity contribution in [1.82, 2.24) is 5.32 Å². The van der Waals surface area contributed by atoms with E-state index in [2.05, 4.69) is 5.32 Å². The second-order valence-electron chi connectivity index (χ2n) is 4.36. The van der Waals surface area contributed by atoms with Gasteiger partial charge < -0.3 is 10.1 Å². The van der Waals surface area contributed by atoms with Gasteiger partial charge in [0.15, 0.2) is 0 Å². The van der Waals surface area contributed by atoms with Crippen molar-refractivity contribution in [3.8, 4) is 0 Å². The Kier molecular flexibility index (Phi) is 6.48. The Morgan fingerprint density at radius 1 is 1.31 bits per heavy atom. The molecule has 0 saturated carbocycles. The summed E-state index contributed by atoms with van der Waals surface area (Å²) in [5.74, 6) is 0.714. The molecule has 0 saturated heterocycles. The Morgan fingerprint density at radius 2 is 1.88 bits per heavy atom. The first kappa shape index (κ1) is 15.3. The molecular formula is C11H21NO3S. The van der Waals surface area contributed by atoms with Crippen LogP contribution < -0.4 is 5.32 Å². The van der Waals surface area contributed by atoms with Crippen LogP contribution in [-0.2, 0) is 9.53 Å². The van der Waals surface area contributed by atoms with Gasteiger partial charge in [0.1, 0.15) is 11.6 Å². The fourth-order valence-corrected chi connectivity index (χ4v) is 1.73. The number of nitrogens with one attached hydrogen (secondary N) is 1. The van der Waals surface area contributed by atoms with Gasteiger partial charge in [-0.1, -0.05) is 25.6 Å². The monoisotopic (exact) mass is 247 g/mol. The third-order valence-electron chi connectivity index (χ3n) is 1.67. The van der Waals surface area contributed by atoms with Crippen LogP contribution in [0.2, 0.25) is 0 Å². The number of carbonyl (C=O) groups excluding carboxylic acids is 2. The number of ether oxygens (including phenoxy) is 1. The minimum absolute atomic E-state index is 0.0177. The average Bonchev–Trinajstić information content (AvgIpc) is 2.11. The summed E-state index contributed by atoms with van der Waals surface area (Å²) < 4.78 is 5.09. The number of thioether (sulfide) groups is 1. The normalized spacial score (nSPS) is 13.1. The molecule has 0 heterocycles. The number of hydrogen-bond acceptors (Lipinski definition) is 4. The zero-order chi connectivity index (χ0) is 12.8. The molecule has 0 bridgehead atoms. The molecule has 0 aromatic carbocycles. The molecule has 4 nitrogen and oxygen atoms in total. The van der Waals surface area contributed by atoms with Crippen molar-refractivity contribution >= 4 is 23.0 Å². The van der Waals surface area contributed by atoms with Gasteiger partial charge in [-0.3, -0.25) is 4.79 Å². The highest BCUT2D eigenvalue weighted by Gasteiger charge is 2.22. The topological polar surface area (TPSA) is 55.4 Å². The van der Waals surface area contributed by atoms with Gasteiger partial charge in [-0.25, -0.2) is 4.79 Å². The van der Waals surface area contributed by atoms with Crippen LogP contribution in [-0.4, -0.2) is 28.6 Å². The summed E-state index contributed by atoms with van der Waals surface area (Å²) in [5.41, 5.74) is -0.538. The summed E-state index contributed by atoms with van der Waals surface area (Å²) in [4.78, 5) is 23.0. The first-order chi connectivity index (χ1) is 7.30. The van der Waals surface area contributed by atoms with Gasteiger partial charge in [-0.2, -0.15) is 0 Å². The summed E-state index contributed by atoms with van der Waals surface area (Å²) in [6.07, 6.45) is 0.0369. The second-order valence-corrected chi connectivity index (χ2v) is 5.63. The van der Waals surface area contributed by atoms with Gasteiger partial charge >= 0.3 is 6.09 Å². The smallest absolute Gasteiger partial charge is 0.408 e. The molecule has 0 fully saturated rings. The molecule has 5 heteroatoms. The molecule has 1 atom stereocenters. The molecule has 94 valence electrons. The standard InChI is InChI=1S/C11H21NO3S/c1-6-8(9(13)16-7-2)12-10(14)15-11(3,4)5/h8H,6-7H2,1-5H3,(H,12,14). The highest BCUT2D eigenvalue weighted by atomic mass is 32.2. The Labute approximate surface area is 101 Å². The van der Waals surface area contributed by atoms with E-state index < -0.39 is 17.7 Å². The maximum absolute atomic E-state index is 11.6. The quantitative estimate of drug-likeness (QED) is 0.829. The summed E-state index contributed by atoms with van der Waals surface area (Å²) in [7, 11) is 0. The summed E-state index contributed by atoms with van der Waals surface area (Å²) in [6.45, 7) is 9.13. The minimum atomic E-state index is -0.538. The molecule has 0 aliphatic rings. The van der Waals surface area contributed by atoms with Crippen LogP contribution in [0.5, 0.6) is 0 Å². The lowest BCUT2D eigenvalue weighted by Crippen LogP contribution is -2.42. The predicted molar refractivity (Wildman–Crippen MR) is 66.6 cm³/mol. The summed E-state index contributed by atoms with van der Waals surface area (Å²) in [5, 5.41) is 2.56. The predicted octanol–water partition coefficient (Wildman–Crippen LogP) is 2.57. The average molecular weight is 247 g/mol.